The van der Waals surface area contributed by atoms with E-state index in [0.717, 1.165) is 22.0 Å². The minimum atomic E-state index is -1.08. The highest BCUT2D eigenvalue weighted by molar-refractivity contribution is 6.29. The van der Waals surface area contributed by atoms with Crippen molar-refractivity contribution in [3.8, 4) is 5.69 Å². The number of carbonyl (C=O) groups is 2. The molecule has 5 aromatic rings. The number of β-amino-alcohol motifs (C(OH)–C–C–N with tert-alkyl or cyclic N) is 1. The second-order valence-electron chi connectivity index (χ2n) is 10.4. The van der Waals surface area contributed by atoms with Crippen LogP contribution in [0.4, 0.5) is 11.4 Å². The summed E-state index contributed by atoms with van der Waals surface area (Å²) in [4.78, 5) is 30.6. The summed E-state index contributed by atoms with van der Waals surface area (Å²) in [5, 5.41) is 27.8. The van der Waals surface area contributed by atoms with Crippen molar-refractivity contribution >= 4 is 45.7 Å². The van der Waals surface area contributed by atoms with Crippen LogP contribution in [0.2, 0.25) is 5.15 Å². The molecule has 2 amide bonds. The van der Waals surface area contributed by atoms with Crippen LogP contribution in [0.15, 0.2) is 79.1 Å². The monoisotopic (exact) mass is 584 g/mol. The Labute approximate surface area is 246 Å². The molecule has 12 heteroatoms. The number of nitrogens with one attached hydrogen (secondary N) is 1. The van der Waals surface area contributed by atoms with Gasteiger partial charge in [0.2, 0.25) is 11.8 Å². The summed E-state index contributed by atoms with van der Waals surface area (Å²) in [6.45, 7) is 1.71. The number of piperazine rings is 1. The molecular formula is C30H29ClN8O3. The number of hydrogen-bond acceptors (Lipinski definition) is 7. The summed E-state index contributed by atoms with van der Waals surface area (Å²) < 4.78 is 3.22. The van der Waals surface area contributed by atoms with Gasteiger partial charge in [-0.05, 0) is 48.4 Å². The first-order chi connectivity index (χ1) is 20.2. The average molecular weight is 585 g/mol. The van der Waals surface area contributed by atoms with E-state index < -0.39 is 12.3 Å². The Morgan fingerprint density at radius 2 is 1.90 bits per heavy atom. The molecule has 2 atom stereocenters. The molecule has 0 spiro atoms. The average Bonchev–Trinajstić information content (AvgIpc) is 3.57. The van der Waals surface area contributed by atoms with Gasteiger partial charge in [-0.15, -0.1) is 5.10 Å². The highest BCUT2D eigenvalue weighted by atomic mass is 35.5. The predicted molar refractivity (Wildman–Crippen MR) is 159 cm³/mol. The van der Waals surface area contributed by atoms with Gasteiger partial charge in [-0.2, -0.15) is 5.10 Å². The Morgan fingerprint density at radius 1 is 1.10 bits per heavy atom. The Balaban J connectivity index is 1.28. The fourth-order valence-corrected chi connectivity index (χ4v) is 5.44. The molecule has 0 saturated carbocycles. The number of fused-ring (bicyclic) bond motifs is 1. The summed E-state index contributed by atoms with van der Waals surface area (Å²) in [7, 11) is 1.84. The van der Waals surface area contributed by atoms with Crippen molar-refractivity contribution in [3.05, 3.63) is 95.4 Å². The molecule has 0 bridgehead atoms. The molecule has 1 aliphatic heterocycles. The molecule has 1 fully saturated rings. The summed E-state index contributed by atoms with van der Waals surface area (Å²) in [6.07, 6.45) is 2.63. The third-order valence-electron chi connectivity index (χ3n) is 7.34. The number of anilines is 2. The van der Waals surface area contributed by atoms with Crippen LogP contribution in [-0.4, -0.2) is 72.0 Å². The lowest BCUT2D eigenvalue weighted by atomic mass is 10.0. The second-order valence-corrected chi connectivity index (χ2v) is 10.8. The van der Waals surface area contributed by atoms with E-state index in [4.69, 9.17) is 11.6 Å². The maximum Gasteiger partial charge on any atom is 0.247 e. The van der Waals surface area contributed by atoms with Crippen molar-refractivity contribution in [1.29, 1.82) is 0 Å². The molecule has 6 rings (SSSR count). The fraction of sp³-hybridized carbons (Fsp3) is 0.233. The first-order valence-corrected chi connectivity index (χ1v) is 13.8. The number of benzene rings is 3. The largest absolute Gasteiger partial charge is 0.372 e. The van der Waals surface area contributed by atoms with E-state index in [1.54, 1.807) is 21.8 Å². The van der Waals surface area contributed by atoms with Crippen LogP contribution < -0.4 is 10.2 Å². The van der Waals surface area contributed by atoms with E-state index >= 15 is 0 Å². The first-order valence-electron chi connectivity index (χ1n) is 13.5. The molecule has 1 aliphatic rings. The third-order valence-corrected chi connectivity index (χ3v) is 7.51. The van der Waals surface area contributed by atoms with E-state index in [1.807, 2.05) is 80.8 Å². The standard InChI is InChI=1S/C30H29ClN8O3/c1-19-8-11-24(39-16-27(31)33-35-39)25(12-19)37-17-29(41)38(18-28(37)40)26(13-20-6-4-3-5-7-20)30(42)32-22-9-10-23-21(14-22)15-36(2)34-23/h3-12,14-16,26,28,40H,13,17-18H2,1-2H3,(H,32,42). The lowest BCUT2D eigenvalue weighted by molar-refractivity contribution is -0.142. The Hall–Kier alpha value is -4.74. The molecule has 2 N–H and O–H groups in total. The number of rotatable bonds is 7. The van der Waals surface area contributed by atoms with E-state index in [2.05, 4.69) is 20.7 Å². The van der Waals surface area contributed by atoms with Gasteiger partial charge < -0.3 is 20.2 Å². The Morgan fingerprint density at radius 3 is 2.67 bits per heavy atom. The number of aliphatic hydroxyl groups excluding tert-OH is 1. The molecule has 42 heavy (non-hydrogen) atoms. The SMILES string of the molecule is Cc1ccc(-n2cc(Cl)nn2)c(N2CC(=O)N(C(Cc3ccccc3)C(=O)Nc3ccc4nn(C)cc4c3)CC2O)c1. The molecule has 214 valence electrons. The van der Waals surface area contributed by atoms with Gasteiger partial charge in [0, 0.05) is 30.7 Å². The number of halogens is 1. The third kappa shape index (κ3) is 5.56. The van der Waals surface area contributed by atoms with E-state index in [0.29, 0.717) is 17.1 Å². The maximum atomic E-state index is 13.8. The van der Waals surface area contributed by atoms with Gasteiger partial charge in [-0.3, -0.25) is 14.3 Å². The quantitative estimate of drug-likeness (QED) is 0.301. The predicted octanol–water partition coefficient (Wildman–Crippen LogP) is 3.33. The van der Waals surface area contributed by atoms with Crippen LogP contribution in [0.5, 0.6) is 0 Å². The van der Waals surface area contributed by atoms with Crippen molar-refractivity contribution in [2.75, 3.05) is 23.3 Å². The topological polar surface area (TPSA) is 121 Å². The van der Waals surface area contributed by atoms with Crippen molar-refractivity contribution in [3.63, 3.8) is 0 Å². The van der Waals surface area contributed by atoms with E-state index in [1.165, 1.54) is 9.58 Å². The van der Waals surface area contributed by atoms with Gasteiger partial charge >= 0.3 is 0 Å². The number of carbonyl (C=O) groups excluding carboxylic acids is 2. The molecule has 11 nitrogen and oxygen atoms in total. The van der Waals surface area contributed by atoms with Crippen LogP contribution in [0.25, 0.3) is 16.6 Å². The smallest absolute Gasteiger partial charge is 0.247 e. The number of aromatic nitrogens is 5. The lowest BCUT2D eigenvalue weighted by Crippen LogP contribution is -2.61. The van der Waals surface area contributed by atoms with Crippen LogP contribution in [0.1, 0.15) is 11.1 Å². The summed E-state index contributed by atoms with van der Waals surface area (Å²) in [5.74, 6) is -0.632. The number of nitrogens with zero attached hydrogens (tertiary/aromatic N) is 7. The molecule has 3 heterocycles. The fourth-order valence-electron chi connectivity index (χ4n) is 5.32. The van der Waals surface area contributed by atoms with Gasteiger partial charge in [0.25, 0.3) is 0 Å². The minimum absolute atomic E-state index is 0.0725. The highest BCUT2D eigenvalue weighted by Crippen LogP contribution is 2.30. The lowest BCUT2D eigenvalue weighted by Gasteiger charge is -2.43. The van der Waals surface area contributed by atoms with E-state index in [-0.39, 0.29) is 36.5 Å². The van der Waals surface area contributed by atoms with Crippen molar-refractivity contribution < 1.29 is 14.7 Å². The number of aliphatic hydroxyl groups is 1. The van der Waals surface area contributed by atoms with E-state index in [9.17, 15) is 14.7 Å². The van der Waals surface area contributed by atoms with Crippen LogP contribution in [0.3, 0.4) is 0 Å². The van der Waals surface area contributed by atoms with Gasteiger partial charge in [0.15, 0.2) is 5.15 Å². The molecule has 0 aliphatic carbocycles. The van der Waals surface area contributed by atoms with Crippen LogP contribution >= 0.6 is 11.6 Å². The summed E-state index contributed by atoms with van der Waals surface area (Å²) in [5.41, 5.74) is 4.47. The molecule has 0 radical (unpaired) electrons. The summed E-state index contributed by atoms with van der Waals surface area (Å²) in [6, 6.07) is 19.8. The second kappa shape index (κ2) is 11.3. The highest BCUT2D eigenvalue weighted by Gasteiger charge is 2.39. The van der Waals surface area contributed by atoms with Gasteiger partial charge in [-0.25, -0.2) is 4.68 Å². The normalized spacial score (nSPS) is 16.2. The minimum Gasteiger partial charge on any atom is -0.372 e. The Kier molecular flexibility index (Phi) is 7.36. The van der Waals surface area contributed by atoms with Gasteiger partial charge in [0.1, 0.15) is 12.3 Å². The van der Waals surface area contributed by atoms with Crippen LogP contribution in [0, 0.1) is 6.92 Å². The Bertz CT molecular complexity index is 1770. The van der Waals surface area contributed by atoms with Crippen molar-refractivity contribution in [1.82, 2.24) is 29.7 Å². The number of amides is 2. The van der Waals surface area contributed by atoms with Crippen molar-refractivity contribution in [2.24, 2.45) is 7.05 Å². The number of hydrogen-bond donors (Lipinski definition) is 2. The van der Waals surface area contributed by atoms with Crippen molar-refractivity contribution in [2.45, 2.75) is 25.6 Å². The maximum absolute atomic E-state index is 13.8. The molecular weight excluding hydrogens is 556 g/mol. The molecule has 2 aromatic heterocycles. The van der Waals surface area contributed by atoms with Crippen LogP contribution in [-0.2, 0) is 23.1 Å². The summed E-state index contributed by atoms with van der Waals surface area (Å²) >= 11 is 6.01. The van der Waals surface area contributed by atoms with Gasteiger partial charge in [0.05, 0.1) is 36.2 Å². The molecule has 3 aromatic carbocycles. The first kappa shape index (κ1) is 27.4. The molecule has 2 unspecified atom stereocenters. The zero-order valence-corrected chi connectivity index (χ0v) is 23.8. The number of aryl methyl sites for hydroxylation is 2. The molecule has 1 saturated heterocycles. The zero-order chi connectivity index (χ0) is 29.4. The van der Waals surface area contributed by atoms with Gasteiger partial charge in [-0.1, -0.05) is 53.2 Å². The zero-order valence-electron chi connectivity index (χ0n) is 23.1.